The van der Waals surface area contributed by atoms with Gasteiger partial charge in [-0.15, -0.1) is 0 Å². The van der Waals surface area contributed by atoms with E-state index in [0.29, 0.717) is 18.5 Å². The summed E-state index contributed by atoms with van der Waals surface area (Å²) in [5.74, 6) is 2.56. The Kier molecular flexibility index (Phi) is 4.06. The fraction of sp³-hybridized carbons (Fsp3) is 0.500. The minimum Gasteiger partial charge on any atom is -0.341 e. The van der Waals surface area contributed by atoms with Crippen LogP contribution in [0.2, 0.25) is 0 Å². The van der Waals surface area contributed by atoms with Gasteiger partial charge in [0.15, 0.2) is 5.82 Å². The molecule has 1 fully saturated rings. The zero-order valence-corrected chi connectivity index (χ0v) is 14.2. The molecule has 3 heterocycles. The molecule has 1 saturated heterocycles. The summed E-state index contributed by atoms with van der Waals surface area (Å²) in [4.78, 5) is 15.2. The number of fused-ring (bicyclic) bond motifs is 1. The lowest BCUT2D eigenvalue weighted by Crippen LogP contribution is -2.23. The van der Waals surface area contributed by atoms with E-state index in [1.54, 1.807) is 0 Å². The number of nitrogens with one attached hydrogen (secondary N) is 1. The standard InChI is InChI=1S/C18H23N5O/c1-3-5-16-21-17(24-22-16)11-23-9-4-6-15(23)18-19-13-8-7-12(2)10-14(13)20-18/h7-8,10,15H,3-6,9,11H2,1-2H3,(H,19,20)/t15-/m0/s1. The highest BCUT2D eigenvalue weighted by molar-refractivity contribution is 5.75. The van der Waals surface area contributed by atoms with Gasteiger partial charge < -0.3 is 9.51 Å². The molecule has 3 aromatic rings. The molecule has 0 bridgehead atoms. The molecule has 1 atom stereocenters. The molecule has 4 rings (SSSR count). The maximum absolute atomic E-state index is 5.40. The Morgan fingerprint density at radius 2 is 2.25 bits per heavy atom. The van der Waals surface area contributed by atoms with Gasteiger partial charge in [0.25, 0.3) is 0 Å². The first-order chi connectivity index (χ1) is 11.7. The van der Waals surface area contributed by atoms with Crippen molar-refractivity contribution in [3.05, 3.63) is 41.3 Å². The van der Waals surface area contributed by atoms with Crippen LogP contribution in [0.25, 0.3) is 11.0 Å². The quantitative estimate of drug-likeness (QED) is 0.777. The highest BCUT2D eigenvalue weighted by Gasteiger charge is 2.29. The molecule has 126 valence electrons. The predicted octanol–water partition coefficient (Wildman–Crippen LogP) is 3.54. The number of aromatic nitrogens is 4. The average molecular weight is 325 g/mol. The SMILES string of the molecule is CCCc1noc(CN2CCC[C@H]2c2nc3ccc(C)cc3[nH]2)n1. The van der Waals surface area contributed by atoms with Crippen molar-refractivity contribution >= 4 is 11.0 Å². The van der Waals surface area contributed by atoms with Gasteiger partial charge in [0.2, 0.25) is 5.89 Å². The van der Waals surface area contributed by atoms with Gasteiger partial charge in [-0.2, -0.15) is 4.98 Å². The first-order valence-electron chi connectivity index (χ1n) is 8.74. The van der Waals surface area contributed by atoms with Crippen LogP contribution in [0.5, 0.6) is 0 Å². The highest BCUT2D eigenvalue weighted by Crippen LogP contribution is 2.32. The topological polar surface area (TPSA) is 70.8 Å². The van der Waals surface area contributed by atoms with Crippen molar-refractivity contribution in [2.75, 3.05) is 6.54 Å². The molecule has 0 aliphatic carbocycles. The monoisotopic (exact) mass is 325 g/mol. The smallest absolute Gasteiger partial charge is 0.240 e. The molecule has 6 heteroatoms. The lowest BCUT2D eigenvalue weighted by molar-refractivity contribution is 0.207. The molecule has 1 aromatic carbocycles. The van der Waals surface area contributed by atoms with E-state index in [2.05, 4.69) is 52.1 Å². The number of imidazole rings is 1. The Labute approximate surface area is 141 Å². The van der Waals surface area contributed by atoms with Crippen molar-refractivity contribution in [2.45, 2.75) is 52.1 Å². The Morgan fingerprint density at radius 1 is 1.33 bits per heavy atom. The number of aryl methyl sites for hydroxylation is 2. The summed E-state index contributed by atoms with van der Waals surface area (Å²) in [5.41, 5.74) is 3.39. The van der Waals surface area contributed by atoms with Crippen LogP contribution < -0.4 is 0 Å². The minimum atomic E-state index is 0.291. The molecule has 6 nitrogen and oxygen atoms in total. The second-order valence-corrected chi connectivity index (χ2v) is 6.63. The van der Waals surface area contributed by atoms with Gasteiger partial charge >= 0.3 is 0 Å². The summed E-state index contributed by atoms with van der Waals surface area (Å²) in [6.07, 6.45) is 4.17. The molecule has 0 amide bonds. The van der Waals surface area contributed by atoms with E-state index < -0.39 is 0 Å². The molecular weight excluding hydrogens is 302 g/mol. The van der Waals surface area contributed by atoms with Gasteiger partial charge in [-0.05, 0) is 50.4 Å². The normalized spacial score (nSPS) is 18.7. The number of H-pyrrole nitrogens is 1. The highest BCUT2D eigenvalue weighted by atomic mass is 16.5. The molecule has 0 unspecified atom stereocenters. The summed E-state index contributed by atoms with van der Waals surface area (Å²) in [6.45, 7) is 5.95. The summed E-state index contributed by atoms with van der Waals surface area (Å²) >= 11 is 0. The van der Waals surface area contributed by atoms with Crippen LogP contribution >= 0.6 is 0 Å². The van der Waals surface area contributed by atoms with E-state index in [0.717, 1.165) is 54.9 Å². The van der Waals surface area contributed by atoms with Gasteiger partial charge in [0, 0.05) is 6.42 Å². The maximum Gasteiger partial charge on any atom is 0.240 e. The number of aromatic amines is 1. The molecule has 1 aliphatic heterocycles. The number of likely N-dealkylation sites (tertiary alicyclic amines) is 1. The summed E-state index contributed by atoms with van der Waals surface area (Å²) in [6, 6.07) is 6.63. The second-order valence-electron chi connectivity index (χ2n) is 6.63. The lowest BCUT2D eigenvalue weighted by Gasteiger charge is -2.20. The summed E-state index contributed by atoms with van der Waals surface area (Å²) < 4.78 is 5.40. The number of rotatable bonds is 5. The van der Waals surface area contributed by atoms with Gasteiger partial charge in [0.05, 0.1) is 23.6 Å². The van der Waals surface area contributed by atoms with Crippen LogP contribution in [0.1, 0.15) is 55.3 Å². The minimum absolute atomic E-state index is 0.291. The first-order valence-corrected chi connectivity index (χ1v) is 8.74. The molecule has 1 N–H and O–H groups in total. The fourth-order valence-corrected chi connectivity index (χ4v) is 3.48. The van der Waals surface area contributed by atoms with Crippen molar-refractivity contribution in [3.8, 4) is 0 Å². The Bertz CT molecular complexity index is 837. The van der Waals surface area contributed by atoms with Crippen molar-refractivity contribution < 1.29 is 4.52 Å². The van der Waals surface area contributed by atoms with Crippen LogP contribution in [0, 0.1) is 6.92 Å². The van der Waals surface area contributed by atoms with Crippen LogP contribution in [0.4, 0.5) is 0 Å². The molecule has 0 spiro atoms. The second kappa shape index (κ2) is 6.36. The van der Waals surface area contributed by atoms with Crippen molar-refractivity contribution in [1.82, 2.24) is 25.0 Å². The summed E-state index contributed by atoms with van der Waals surface area (Å²) in [5, 5.41) is 4.05. The number of nitrogens with zero attached hydrogens (tertiary/aromatic N) is 4. The zero-order valence-electron chi connectivity index (χ0n) is 14.2. The molecule has 24 heavy (non-hydrogen) atoms. The van der Waals surface area contributed by atoms with E-state index in [4.69, 9.17) is 9.51 Å². The van der Waals surface area contributed by atoms with E-state index >= 15 is 0 Å². The number of hydrogen-bond donors (Lipinski definition) is 1. The zero-order chi connectivity index (χ0) is 16.5. The van der Waals surface area contributed by atoms with Crippen LogP contribution in [-0.2, 0) is 13.0 Å². The van der Waals surface area contributed by atoms with Gasteiger partial charge in [0.1, 0.15) is 5.82 Å². The Morgan fingerprint density at radius 3 is 3.12 bits per heavy atom. The first kappa shape index (κ1) is 15.3. The Balaban J connectivity index is 1.54. The van der Waals surface area contributed by atoms with Crippen LogP contribution in [-0.4, -0.2) is 31.6 Å². The average Bonchev–Trinajstić information content (AvgIpc) is 3.27. The molecule has 0 radical (unpaired) electrons. The van der Waals surface area contributed by atoms with Crippen molar-refractivity contribution in [1.29, 1.82) is 0 Å². The van der Waals surface area contributed by atoms with Crippen LogP contribution in [0.3, 0.4) is 0 Å². The predicted molar refractivity (Wildman–Crippen MR) is 91.5 cm³/mol. The van der Waals surface area contributed by atoms with E-state index in [1.807, 2.05) is 0 Å². The lowest BCUT2D eigenvalue weighted by atomic mass is 10.2. The third-order valence-electron chi connectivity index (χ3n) is 4.66. The van der Waals surface area contributed by atoms with E-state index in [1.165, 1.54) is 5.56 Å². The van der Waals surface area contributed by atoms with Gasteiger partial charge in [-0.3, -0.25) is 4.90 Å². The number of benzene rings is 1. The number of hydrogen-bond acceptors (Lipinski definition) is 5. The van der Waals surface area contributed by atoms with Crippen LogP contribution in [0.15, 0.2) is 22.7 Å². The molecule has 1 aliphatic rings. The fourth-order valence-electron chi connectivity index (χ4n) is 3.48. The van der Waals surface area contributed by atoms with Gasteiger partial charge in [-0.1, -0.05) is 18.1 Å². The van der Waals surface area contributed by atoms with Gasteiger partial charge in [-0.25, -0.2) is 4.98 Å². The van der Waals surface area contributed by atoms with E-state index in [-0.39, 0.29) is 0 Å². The third-order valence-corrected chi connectivity index (χ3v) is 4.66. The largest absolute Gasteiger partial charge is 0.341 e. The third kappa shape index (κ3) is 2.94. The molecule has 2 aromatic heterocycles. The van der Waals surface area contributed by atoms with Crippen molar-refractivity contribution in [2.24, 2.45) is 0 Å². The maximum atomic E-state index is 5.40. The Hall–Kier alpha value is -2.21. The van der Waals surface area contributed by atoms with E-state index in [9.17, 15) is 0 Å². The summed E-state index contributed by atoms with van der Waals surface area (Å²) in [7, 11) is 0. The molecular formula is C18H23N5O. The van der Waals surface area contributed by atoms with Crippen molar-refractivity contribution in [3.63, 3.8) is 0 Å². The molecule has 0 saturated carbocycles.